The number of benzene rings is 1. The molecule has 0 aliphatic carbocycles. The standard InChI is InChI=1S/C21H35NO4S/c1-16(2)10-11-22-13-18(12-17(22)3)14-26-19-6-8-20(9-7-19)27(24,25)21(4,5)15-23/h6-9,16-18,23H,10-15H2,1-5H3. The fourth-order valence-corrected chi connectivity index (χ4v) is 4.71. The molecule has 5 nitrogen and oxygen atoms in total. The number of aliphatic hydroxyl groups excluding tert-OH is 1. The van der Waals surface area contributed by atoms with Gasteiger partial charge in [-0.2, -0.15) is 0 Å². The van der Waals surface area contributed by atoms with Crippen LogP contribution in [0.25, 0.3) is 0 Å². The van der Waals surface area contributed by atoms with E-state index in [0.29, 0.717) is 24.3 Å². The van der Waals surface area contributed by atoms with Gasteiger partial charge in [-0.1, -0.05) is 13.8 Å². The Kier molecular flexibility index (Phi) is 7.33. The molecule has 1 fully saturated rings. The summed E-state index contributed by atoms with van der Waals surface area (Å²) in [6, 6.07) is 7.12. The summed E-state index contributed by atoms with van der Waals surface area (Å²) in [5.41, 5.74) is 0. The molecule has 1 aliphatic rings. The van der Waals surface area contributed by atoms with Crippen LogP contribution in [0.15, 0.2) is 29.2 Å². The van der Waals surface area contributed by atoms with E-state index in [2.05, 4.69) is 25.7 Å². The summed E-state index contributed by atoms with van der Waals surface area (Å²) < 4.78 is 29.8. The minimum atomic E-state index is -3.58. The van der Waals surface area contributed by atoms with Crippen molar-refractivity contribution in [3.05, 3.63) is 24.3 Å². The summed E-state index contributed by atoms with van der Waals surface area (Å²) in [6.45, 7) is 12.3. The van der Waals surface area contributed by atoms with Gasteiger partial charge in [0.05, 0.1) is 22.9 Å². The smallest absolute Gasteiger partial charge is 0.185 e. The van der Waals surface area contributed by atoms with Crippen molar-refractivity contribution in [3.8, 4) is 5.75 Å². The second kappa shape index (κ2) is 8.93. The fourth-order valence-electron chi connectivity index (χ4n) is 3.41. The monoisotopic (exact) mass is 397 g/mol. The van der Waals surface area contributed by atoms with Crippen molar-refractivity contribution in [3.63, 3.8) is 0 Å². The van der Waals surface area contributed by atoms with Crippen LogP contribution in [-0.2, 0) is 9.84 Å². The third-order valence-corrected chi connectivity index (χ3v) is 7.99. The molecule has 1 N–H and O–H groups in total. The highest BCUT2D eigenvalue weighted by Crippen LogP contribution is 2.28. The molecular weight excluding hydrogens is 362 g/mol. The van der Waals surface area contributed by atoms with Crippen LogP contribution in [0.1, 0.15) is 47.5 Å². The SMILES string of the molecule is CC(C)CCN1CC(COc2ccc(S(=O)(=O)C(C)(C)CO)cc2)CC1C. The second-order valence-corrected chi connectivity index (χ2v) is 11.4. The molecule has 1 heterocycles. The van der Waals surface area contributed by atoms with Crippen LogP contribution in [0.5, 0.6) is 5.75 Å². The third-order valence-electron chi connectivity index (χ3n) is 5.51. The zero-order valence-corrected chi connectivity index (χ0v) is 18.1. The third kappa shape index (κ3) is 5.46. The van der Waals surface area contributed by atoms with Crippen LogP contribution in [0.3, 0.4) is 0 Å². The Hall–Kier alpha value is -1.11. The van der Waals surface area contributed by atoms with Crippen molar-refractivity contribution >= 4 is 9.84 Å². The van der Waals surface area contributed by atoms with Crippen LogP contribution in [0.4, 0.5) is 0 Å². The molecule has 0 saturated carbocycles. The zero-order valence-electron chi connectivity index (χ0n) is 17.3. The van der Waals surface area contributed by atoms with Crippen LogP contribution in [-0.4, -0.2) is 55.5 Å². The van der Waals surface area contributed by atoms with Crippen molar-refractivity contribution in [1.29, 1.82) is 0 Å². The van der Waals surface area contributed by atoms with Gasteiger partial charge in [0.15, 0.2) is 9.84 Å². The quantitative estimate of drug-likeness (QED) is 0.692. The molecule has 0 spiro atoms. The van der Waals surface area contributed by atoms with Gasteiger partial charge >= 0.3 is 0 Å². The van der Waals surface area contributed by atoms with E-state index in [1.807, 2.05) is 0 Å². The van der Waals surface area contributed by atoms with E-state index in [-0.39, 0.29) is 4.90 Å². The molecule has 0 bridgehead atoms. The topological polar surface area (TPSA) is 66.8 Å². The molecule has 1 aliphatic heterocycles. The average Bonchev–Trinajstić information content (AvgIpc) is 2.98. The highest BCUT2D eigenvalue weighted by molar-refractivity contribution is 7.92. The van der Waals surface area contributed by atoms with Crippen LogP contribution >= 0.6 is 0 Å². The van der Waals surface area contributed by atoms with Gasteiger partial charge in [0.2, 0.25) is 0 Å². The number of hydrogen-bond acceptors (Lipinski definition) is 5. The highest BCUT2D eigenvalue weighted by Gasteiger charge is 2.35. The Morgan fingerprint density at radius 1 is 1.26 bits per heavy atom. The van der Waals surface area contributed by atoms with Crippen molar-refractivity contribution in [2.45, 2.75) is 63.1 Å². The molecule has 154 valence electrons. The summed E-state index contributed by atoms with van der Waals surface area (Å²) >= 11 is 0. The number of nitrogens with zero attached hydrogens (tertiary/aromatic N) is 1. The molecular formula is C21H35NO4S. The van der Waals surface area contributed by atoms with Gasteiger partial charge in [0, 0.05) is 18.5 Å². The van der Waals surface area contributed by atoms with E-state index in [9.17, 15) is 13.5 Å². The van der Waals surface area contributed by atoms with E-state index in [1.165, 1.54) is 20.3 Å². The molecule has 0 aromatic heterocycles. The van der Waals surface area contributed by atoms with Gasteiger partial charge < -0.3 is 14.7 Å². The van der Waals surface area contributed by atoms with Crippen LogP contribution in [0, 0.1) is 11.8 Å². The first-order chi connectivity index (χ1) is 12.6. The van der Waals surface area contributed by atoms with Gasteiger partial charge in [-0.05, 0) is 70.3 Å². The Labute approximate surface area is 164 Å². The maximum atomic E-state index is 12.5. The Balaban J connectivity index is 1.91. The minimum absolute atomic E-state index is 0.211. The molecule has 1 aromatic rings. The van der Waals surface area contributed by atoms with Crippen molar-refractivity contribution in [2.24, 2.45) is 11.8 Å². The van der Waals surface area contributed by atoms with Crippen LogP contribution in [0.2, 0.25) is 0 Å². The van der Waals surface area contributed by atoms with Gasteiger partial charge in [0.1, 0.15) is 5.75 Å². The summed E-state index contributed by atoms with van der Waals surface area (Å²) in [4.78, 5) is 2.75. The summed E-state index contributed by atoms with van der Waals surface area (Å²) in [5, 5.41) is 9.35. The highest BCUT2D eigenvalue weighted by atomic mass is 32.2. The maximum absolute atomic E-state index is 12.5. The van der Waals surface area contributed by atoms with Gasteiger partial charge in [-0.15, -0.1) is 0 Å². The number of aliphatic hydroxyl groups is 1. The molecule has 1 saturated heterocycles. The number of hydrogen-bond donors (Lipinski definition) is 1. The van der Waals surface area contributed by atoms with E-state index >= 15 is 0 Å². The van der Waals surface area contributed by atoms with E-state index in [4.69, 9.17) is 4.74 Å². The Morgan fingerprint density at radius 2 is 1.89 bits per heavy atom. The van der Waals surface area contributed by atoms with Crippen molar-refractivity contribution in [2.75, 3.05) is 26.3 Å². The Bertz CT molecular complexity index is 697. The molecule has 27 heavy (non-hydrogen) atoms. The van der Waals surface area contributed by atoms with E-state index in [1.54, 1.807) is 24.3 Å². The summed E-state index contributed by atoms with van der Waals surface area (Å²) in [6.07, 6.45) is 2.35. The molecule has 6 heteroatoms. The fraction of sp³-hybridized carbons (Fsp3) is 0.714. The first-order valence-corrected chi connectivity index (χ1v) is 11.4. The average molecular weight is 398 g/mol. The summed E-state index contributed by atoms with van der Waals surface area (Å²) in [7, 11) is -3.58. The number of ether oxygens (including phenoxy) is 1. The first kappa shape index (κ1) is 22.2. The number of likely N-dealkylation sites (tertiary alicyclic amines) is 1. The normalized spacial score (nSPS) is 21.7. The molecule has 0 radical (unpaired) electrons. The molecule has 2 atom stereocenters. The first-order valence-electron chi connectivity index (χ1n) is 9.89. The van der Waals surface area contributed by atoms with Gasteiger partial charge in [-0.3, -0.25) is 0 Å². The number of sulfone groups is 1. The molecule has 2 unspecified atom stereocenters. The lowest BCUT2D eigenvalue weighted by Gasteiger charge is -2.22. The van der Waals surface area contributed by atoms with Gasteiger partial charge in [-0.25, -0.2) is 8.42 Å². The van der Waals surface area contributed by atoms with Crippen LogP contribution < -0.4 is 4.74 Å². The summed E-state index contributed by atoms with van der Waals surface area (Å²) in [5.74, 6) is 1.91. The van der Waals surface area contributed by atoms with Crippen molar-refractivity contribution < 1.29 is 18.3 Å². The van der Waals surface area contributed by atoms with Gasteiger partial charge in [0.25, 0.3) is 0 Å². The van der Waals surface area contributed by atoms with E-state index < -0.39 is 21.2 Å². The Morgan fingerprint density at radius 3 is 2.44 bits per heavy atom. The maximum Gasteiger partial charge on any atom is 0.185 e. The number of rotatable bonds is 9. The predicted molar refractivity (Wildman–Crippen MR) is 109 cm³/mol. The molecule has 2 rings (SSSR count). The van der Waals surface area contributed by atoms with E-state index in [0.717, 1.165) is 25.4 Å². The largest absolute Gasteiger partial charge is 0.493 e. The lowest BCUT2D eigenvalue weighted by Crippen LogP contribution is -2.35. The minimum Gasteiger partial charge on any atom is -0.493 e. The zero-order chi connectivity index (χ0) is 20.2. The second-order valence-electron chi connectivity index (χ2n) is 8.83. The lowest BCUT2D eigenvalue weighted by atomic mass is 10.1. The predicted octanol–water partition coefficient (Wildman–Crippen LogP) is 3.37. The molecule has 0 amide bonds. The molecule has 1 aromatic carbocycles. The van der Waals surface area contributed by atoms with Crippen molar-refractivity contribution in [1.82, 2.24) is 4.90 Å². The lowest BCUT2D eigenvalue weighted by molar-refractivity contribution is 0.226.